The smallest absolute Gasteiger partial charge is 0.143 e. The van der Waals surface area contributed by atoms with Crippen LogP contribution in [-0.2, 0) is 0 Å². The number of rotatable bonds is 2. The van der Waals surface area contributed by atoms with E-state index >= 15 is 0 Å². The molecule has 16 heavy (non-hydrogen) atoms. The van der Waals surface area contributed by atoms with Crippen LogP contribution < -0.4 is 5.32 Å². The highest BCUT2D eigenvalue weighted by atomic mass is 19.1. The van der Waals surface area contributed by atoms with E-state index in [-0.39, 0.29) is 5.56 Å². The van der Waals surface area contributed by atoms with Crippen molar-refractivity contribution in [2.24, 2.45) is 0 Å². The molecule has 2 aromatic rings. The van der Waals surface area contributed by atoms with Crippen molar-refractivity contribution >= 4 is 11.4 Å². The van der Waals surface area contributed by atoms with Crippen molar-refractivity contribution in [3.63, 3.8) is 0 Å². The zero-order valence-corrected chi connectivity index (χ0v) is 8.44. The van der Waals surface area contributed by atoms with E-state index in [2.05, 4.69) is 5.32 Å². The second-order valence-electron chi connectivity index (χ2n) is 3.27. The Hall–Kier alpha value is -2.34. The van der Waals surface area contributed by atoms with Crippen LogP contribution in [0.4, 0.5) is 15.8 Å². The predicted molar refractivity (Wildman–Crippen MR) is 60.8 cm³/mol. The number of halogens is 1. The molecular weight excluding hydrogens is 203 g/mol. The third-order valence-corrected chi connectivity index (χ3v) is 2.18. The number of nitrogens with one attached hydrogen (secondary N) is 1. The number of anilines is 2. The van der Waals surface area contributed by atoms with Gasteiger partial charge in [0.1, 0.15) is 17.4 Å². The van der Waals surface area contributed by atoms with Gasteiger partial charge in [0.25, 0.3) is 0 Å². The molecule has 0 atom stereocenters. The minimum Gasteiger partial charge on any atom is -0.354 e. The molecule has 2 aromatic carbocycles. The molecule has 0 aromatic heterocycles. The number of hydrogen-bond acceptors (Lipinski definition) is 2. The van der Waals surface area contributed by atoms with Gasteiger partial charge in [-0.25, -0.2) is 4.39 Å². The van der Waals surface area contributed by atoms with Crippen LogP contribution in [0.3, 0.4) is 0 Å². The lowest BCUT2D eigenvalue weighted by Gasteiger charge is -2.07. The summed E-state index contributed by atoms with van der Waals surface area (Å²) in [4.78, 5) is 0. The van der Waals surface area contributed by atoms with Gasteiger partial charge >= 0.3 is 0 Å². The summed E-state index contributed by atoms with van der Waals surface area (Å²) in [6.45, 7) is 0. The molecule has 0 saturated heterocycles. The molecule has 0 radical (unpaired) electrons. The van der Waals surface area contributed by atoms with E-state index in [1.807, 2.05) is 36.4 Å². The highest BCUT2D eigenvalue weighted by molar-refractivity contribution is 5.66. The maximum atomic E-state index is 13.3. The Labute approximate surface area is 93.0 Å². The summed E-state index contributed by atoms with van der Waals surface area (Å²) in [5.41, 5.74) is 1.34. The van der Waals surface area contributed by atoms with Crippen LogP contribution in [0.1, 0.15) is 5.56 Å². The first-order valence-electron chi connectivity index (χ1n) is 4.82. The lowest BCUT2D eigenvalue weighted by molar-refractivity contribution is 0.624. The van der Waals surface area contributed by atoms with Gasteiger partial charge < -0.3 is 5.32 Å². The fourth-order valence-corrected chi connectivity index (χ4v) is 1.42. The van der Waals surface area contributed by atoms with Crippen LogP contribution in [0.25, 0.3) is 0 Å². The molecule has 2 rings (SSSR count). The summed E-state index contributed by atoms with van der Waals surface area (Å²) in [5.74, 6) is -0.511. The molecule has 2 nitrogen and oxygen atoms in total. The van der Waals surface area contributed by atoms with Gasteiger partial charge in [0, 0.05) is 5.69 Å². The summed E-state index contributed by atoms with van der Waals surface area (Å²) in [5, 5.41) is 11.8. The van der Waals surface area contributed by atoms with Gasteiger partial charge in [-0.05, 0) is 24.3 Å². The molecule has 0 aliphatic rings. The van der Waals surface area contributed by atoms with Crippen molar-refractivity contribution in [3.8, 4) is 6.07 Å². The minimum atomic E-state index is -0.511. The summed E-state index contributed by atoms with van der Waals surface area (Å²) in [7, 11) is 0. The van der Waals surface area contributed by atoms with Crippen molar-refractivity contribution in [1.29, 1.82) is 5.26 Å². The minimum absolute atomic E-state index is 0.0337. The molecule has 0 aliphatic carbocycles. The zero-order chi connectivity index (χ0) is 11.4. The van der Waals surface area contributed by atoms with Crippen molar-refractivity contribution < 1.29 is 4.39 Å². The van der Waals surface area contributed by atoms with Crippen LogP contribution >= 0.6 is 0 Å². The van der Waals surface area contributed by atoms with Crippen LogP contribution in [0.15, 0.2) is 48.5 Å². The van der Waals surface area contributed by atoms with Crippen molar-refractivity contribution in [1.82, 2.24) is 0 Å². The van der Waals surface area contributed by atoms with Gasteiger partial charge in [-0.1, -0.05) is 24.3 Å². The first kappa shape index (κ1) is 10.2. The average molecular weight is 212 g/mol. The predicted octanol–water partition coefficient (Wildman–Crippen LogP) is 3.44. The summed E-state index contributed by atoms with van der Waals surface area (Å²) in [6.07, 6.45) is 0. The Morgan fingerprint density at radius 1 is 1.00 bits per heavy atom. The fraction of sp³-hybridized carbons (Fsp3) is 0. The van der Waals surface area contributed by atoms with E-state index in [1.165, 1.54) is 6.07 Å². The highest BCUT2D eigenvalue weighted by Crippen LogP contribution is 2.22. The number of para-hydroxylation sites is 1. The molecule has 1 N–H and O–H groups in total. The van der Waals surface area contributed by atoms with Crippen LogP contribution in [0.5, 0.6) is 0 Å². The molecule has 0 amide bonds. The van der Waals surface area contributed by atoms with E-state index in [0.717, 1.165) is 5.69 Å². The monoisotopic (exact) mass is 212 g/mol. The third-order valence-electron chi connectivity index (χ3n) is 2.18. The molecule has 0 aliphatic heterocycles. The normalized spacial score (nSPS) is 9.50. The SMILES string of the molecule is N#Cc1c(F)cccc1Nc1ccccc1. The summed E-state index contributed by atoms with van der Waals surface area (Å²) < 4.78 is 13.3. The van der Waals surface area contributed by atoms with Gasteiger partial charge in [0.15, 0.2) is 0 Å². The van der Waals surface area contributed by atoms with Crippen molar-refractivity contribution in [3.05, 3.63) is 59.9 Å². The van der Waals surface area contributed by atoms with Crippen molar-refractivity contribution in [2.45, 2.75) is 0 Å². The van der Waals surface area contributed by atoms with Gasteiger partial charge in [-0.2, -0.15) is 5.26 Å². The first-order chi connectivity index (χ1) is 7.81. The first-order valence-corrected chi connectivity index (χ1v) is 4.82. The lowest BCUT2D eigenvalue weighted by Crippen LogP contribution is -1.95. The molecule has 0 saturated carbocycles. The zero-order valence-electron chi connectivity index (χ0n) is 8.44. The average Bonchev–Trinajstić information content (AvgIpc) is 2.31. The van der Waals surface area contributed by atoms with Crippen LogP contribution in [0, 0.1) is 17.1 Å². The maximum absolute atomic E-state index is 13.3. The lowest BCUT2D eigenvalue weighted by atomic mass is 10.1. The Balaban J connectivity index is 2.36. The number of hydrogen-bond donors (Lipinski definition) is 1. The van der Waals surface area contributed by atoms with Crippen molar-refractivity contribution in [2.75, 3.05) is 5.32 Å². The van der Waals surface area contributed by atoms with Gasteiger partial charge in [-0.3, -0.25) is 0 Å². The molecular formula is C13H9FN2. The van der Waals surface area contributed by atoms with Crippen LogP contribution in [0.2, 0.25) is 0 Å². The molecule has 0 heterocycles. The van der Waals surface area contributed by atoms with Crippen LogP contribution in [-0.4, -0.2) is 0 Å². The van der Waals surface area contributed by atoms with E-state index in [0.29, 0.717) is 5.69 Å². The van der Waals surface area contributed by atoms with Gasteiger partial charge in [0.05, 0.1) is 5.69 Å². The second kappa shape index (κ2) is 4.45. The van der Waals surface area contributed by atoms with E-state index in [9.17, 15) is 4.39 Å². The molecule has 0 unspecified atom stereocenters. The topological polar surface area (TPSA) is 35.8 Å². The van der Waals surface area contributed by atoms with Gasteiger partial charge in [0.2, 0.25) is 0 Å². The van der Waals surface area contributed by atoms with Gasteiger partial charge in [-0.15, -0.1) is 0 Å². The number of benzene rings is 2. The highest BCUT2D eigenvalue weighted by Gasteiger charge is 2.06. The third kappa shape index (κ3) is 2.01. The number of nitrogens with zero attached hydrogens (tertiary/aromatic N) is 1. The van der Waals surface area contributed by atoms with E-state index in [4.69, 9.17) is 5.26 Å². The Morgan fingerprint density at radius 3 is 2.44 bits per heavy atom. The Morgan fingerprint density at radius 2 is 1.75 bits per heavy atom. The molecule has 0 fully saturated rings. The molecule has 0 bridgehead atoms. The van der Waals surface area contributed by atoms with E-state index in [1.54, 1.807) is 12.1 Å². The molecule has 78 valence electrons. The largest absolute Gasteiger partial charge is 0.354 e. The Kier molecular flexibility index (Phi) is 2.84. The second-order valence-corrected chi connectivity index (χ2v) is 3.27. The summed E-state index contributed by atoms with van der Waals surface area (Å²) in [6, 6.07) is 15.7. The standard InChI is InChI=1S/C13H9FN2/c14-12-7-4-8-13(11(12)9-15)16-10-5-2-1-3-6-10/h1-8,16H. The summed E-state index contributed by atoms with van der Waals surface area (Å²) >= 11 is 0. The molecule has 3 heteroatoms. The van der Waals surface area contributed by atoms with E-state index < -0.39 is 5.82 Å². The fourth-order valence-electron chi connectivity index (χ4n) is 1.42. The Bertz CT molecular complexity index is 529. The quantitative estimate of drug-likeness (QED) is 0.827. The molecule has 0 spiro atoms. The maximum Gasteiger partial charge on any atom is 0.143 e. The number of nitriles is 1.